The average Bonchev–Trinajstić information content (AvgIpc) is 2.34. The third-order valence-corrected chi connectivity index (χ3v) is 4.07. The largest absolute Gasteiger partial charge is 0.360 e. The van der Waals surface area contributed by atoms with Gasteiger partial charge in [0.1, 0.15) is 0 Å². The highest BCUT2D eigenvalue weighted by atomic mass is 28.3. The van der Waals surface area contributed by atoms with E-state index < -0.39 is 8.07 Å². The van der Waals surface area contributed by atoms with Crippen LogP contribution in [0.5, 0.6) is 0 Å². The van der Waals surface area contributed by atoms with E-state index >= 15 is 0 Å². The Morgan fingerprint density at radius 1 is 1.54 bits per heavy atom. The van der Waals surface area contributed by atoms with Gasteiger partial charge >= 0.3 is 0 Å². The second-order valence-corrected chi connectivity index (χ2v) is 9.61. The van der Waals surface area contributed by atoms with Gasteiger partial charge in [0.25, 0.3) is 0 Å². The molecule has 1 aromatic rings. The van der Waals surface area contributed by atoms with Crippen molar-refractivity contribution < 1.29 is 4.52 Å². The zero-order valence-corrected chi connectivity index (χ0v) is 9.46. The molecular weight excluding hydrogens is 180 g/mol. The van der Waals surface area contributed by atoms with E-state index in [4.69, 9.17) is 9.78 Å². The van der Waals surface area contributed by atoms with E-state index in [2.05, 4.69) is 30.9 Å². The smallest absolute Gasteiger partial charge is 0.151 e. The maximum Gasteiger partial charge on any atom is 0.151 e. The summed E-state index contributed by atoms with van der Waals surface area (Å²) in [5, 5.41) is 12.8. The van der Waals surface area contributed by atoms with Crippen LogP contribution in [0.1, 0.15) is 17.0 Å². The number of hydrogen-bond donors (Lipinski definition) is 0. The van der Waals surface area contributed by atoms with Crippen molar-refractivity contribution in [2.24, 2.45) is 0 Å². The predicted octanol–water partition coefficient (Wildman–Crippen LogP) is 2.47. The second-order valence-electron chi connectivity index (χ2n) is 4.30. The molecule has 0 fully saturated rings. The van der Waals surface area contributed by atoms with Gasteiger partial charge in [0, 0.05) is 6.07 Å². The van der Waals surface area contributed by atoms with E-state index in [9.17, 15) is 0 Å². The van der Waals surface area contributed by atoms with Crippen LogP contribution in [0.3, 0.4) is 0 Å². The highest BCUT2D eigenvalue weighted by Gasteiger charge is 2.31. The topological polar surface area (TPSA) is 49.8 Å². The minimum absolute atomic E-state index is 0.0892. The highest BCUT2D eigenvalue weighted by Crippen LogP contribution is 2.26. The van der Waals surface area contributed by atoms with E-state index in [0.29, 0.717) is 0 Å². The molecule has 1 heterocycles. The van der Waals surface area contributed by atoms with Gasteiger partial charge in [0.2, 0.25) is 0 Å². The maximum absolute atomic E-state index is 9.02. The zero-order chi connectivity index (χ0) is 10.1. The fourth-order valence-electron chi connectivity index (χ4n) is 1.20. The summed E-state index contributed by atoms with van der Waals surface area (Å²) in [5.74, 6) is 0.721. The lowest BCUT2D eigenvalue weighted by atomic mass is 10.3. The summed E-state index contributed by atoms with van der Waals surface area (Å²) >= 11 is 0. The molecule has 1 unspecified atom stereocenters. The molecule has 0 spiro atoms. The molecule has 0 amide bonds. The van der Waals surface area contributed by atoms with Crippen molar-refractivity contribution in [1.29, 1.82) is 5.26 Å². The lowest BCUT2D eigenvalue weighted by molar-refractivity contribution is 0.383. The van der Waals surface area contributed by atoms with Gasteiger partial charge in [-0.3, -0.25) is 0 Å². The van der Waals surface area contributed by atoms with Crippen LogP contribution < -0.4 is 0 Å². The zero-order valence-electron chi connectivity index (χ0n) is 8.46. The minimum atomic E-state index is -1.51. The third-order valence-electron chi connectivity index (χ3n) is 1.93. The van der Waals surface area contributed by atoms with E-state index in [1.165, 1.54) is 0 Å². The van der Waals surface area contributed by atoms with Crippen molar-refractivity contribution in [3.05, 3.63) is 17.5 Å². The van der Waals surface area contributed by atoms with Crippen molar-refractivity contribution >= 4 is 8.07 Å². The van der Waals surface area contributed by atoms with Crippen molar-refractivity contribution in [3.8, 4) is 6.07 Å². The lowest BCUT2D eigenvalue weighted by Gasteiger charge is -2.19. The molecule has 0 aliphatic rings. The summed E-state index contributed by atoms with van der Waals surface area (Å²) in [6.45, 7) is 8.32. The van der Waals surface area contributed by atoms with Crippen LogP contribution in [-0.4, -0.2) is 13.2 Å². The summed E-state index contributed by atoms with van der Waals surface area (Å²) in [4.78, 5) is 0. The first-order chi connectivity index (χ1) is 5.95. The summed E-state index contributed by atoms with van der Waals surface area (Å²) in [5.41, 5.74) is 0.752. The number of rotatable bonds is 2. The Morgan fingerprint density at radius 2 is 2.15 bits per heavy atom. The Morgan fingerprint density at radius 3 is 2.46 bits per heavy atom. The molecule has 3 nitrogen and oxygen atoms in total. The molecule has 1 rings (SSSR count). The summed E-state index contributed by atoms with van der Waals surface area (Å²) in [6.07, 6.45) is 0. The Hall–Kier alpha value is -1.08. The summed E-state index contributed by atoms with van der Waals surface area (Å²) in [7, 11) is -1.51. The van der Waals surface area contributed by atoms with Gasteiger partial charge < -0.3 is 4.52 Å². The monoisotopic (exact) mass is 194 g/mol. The van der Waals surface area contributed by atoms with Crippen molar-refractivity contribution in [2.75, 3.05) is 0 Å². The second kappa shape index (κ2) is 3.34. The molecule has 1 aromatic heterocycles. The van der Waals surface area contributed by atoms with Crippen LogP contribution in [0.4, 0.5) is 0 Å². The third kappa shape index (κ3) is 2.19. The average molecular weight is 194 g/mol. The van der Waals surface area contributed by atoms with Gasteiger partial charge in [-0.2, -0.15) is 5.26 Å². The molecule has 0 aliphatic carbocycles. The molecule has 0 bridgehead atoms. The van der Waals surface area contributed by atoms with E-state index in [1.807, 2.05) is 13.0 Å². The molecule has 4 heteroatoms. The first-order valence-corrected chi connectivity index (χ1v) is 7.85. The minimum Gasteiger partial charge on any atom is -0.360 e. The highest BCUT2D eigenvalue weighted by molar-refractivity contribution is 6.78. The molecule has 70 valence electrons. The number of nitrogens with zero attached hydrogens (tertiary/aromatic N) is 2. The van der Waals surface area contributed by atoms with Gasteiger partial charge in [0.15, 0.2) is 5.76 Å². The maximum atomic E-state index is 9.02. The van der Waals surface area contributed by atoms with E-state index in [1.54, 1.807) is 0 Å². The Bertz CT molecular complexity index is 332. The number of hydrogen-bond acceptors (Lipinski definition) is 3. The SMILES string of the molecule is Cc1cc(C(C#N)[Si](C)(C)C)on1. The van der Waals surface area contributed by atoms with Gasteiger partial charge in [-0.25, -0.2) is 0 Å². The lowest BCUT2D eigenvalue weighted by Crippen LogP contribution is -2.29. The molecule has 13 heavy (non-hydrogen) atoms. The normalized spacial score (nSPS) is 13.8. The van der Waals surface area contributed by atoms with Gasteiger partial charge in [-0.1, -0.05) is 24.8 Å². The first kappa shape index (κ1) is 10.0. The fourth-order valence-corrected chi connectivity index (χ4v) is 2.58. The van der Waals surface area contributed by atoms with Crippen LogP contribution in [0.2, 0.25) is 19.6 Å². The van der Waals surface area contributed by atoms with E-state index in [0.717, 1.165) is 11.5 Å². The van der Waals surface area contributed by atoms with Gasteiger partial charge in [-0.15, -0.1) is 0 Å². The first-order valence-electron chi connectivity index (χ1n) is 4.28. The molecular formula is C9H14N2OSi. The van der Waals surface area contributed by atoms with E-state index in [-0.39, 0.29) is 5.54 Å². The molecule has 0 N–H and O–H groups in total. The number of nitriles is 1. The fraction of sp³-hybridized carbons (Fsp3) is 0.556. The van der Waals surface area contributed by atoms with Gasteiger partial charge in [-0.05, 0) is 6.92 Å². The Labute approximate surface area is 79.4 Å². The van der Waals surface area contributed by atoms with Crippen molar-refractivity contribution in [2.45, 2.75) is 32.1 Å². The van der Waals surface area contributed by atoms with Crippen LogP contribution in [0.15, 0.2) is 10.6 Å². The van der Waals surface area contributed by atoms with Crippen LogP contribution >= 0.6 is 0 Å². The molecule has 0 saturated heterocycles. The summed E-state index contributed by atoms with van der Waals surface area (Å²) in [6, 6.07) is 4.15. The molecule has 0 saturated carbocycles. The predicted molar refractivity (Wildman–Crippen MR) is 52.9 cm³/mol. The van der Waals surface area contributed by atoms with Crippen LogP contribution in [-0.2, 0) is 0 Å². The molecule has 0 aromatic carbocycles. The summed E-state index contributed by atoms with van der Waals surface area (Å²) < 4.78 is 5.11. The van der Waals surface area contributed by atoms with Crippen molar-refractivity contribution in [3.63, 3.8) is 0 Å². The molecule has 1 atom stereocenters. The Kier molecular flexibility index (Phi) is 2.57. The number of aromatic nitrogens is 1. The molecule has 0 aliphatic heterocycles. The van der Waals surface area contributed by atoms with Crippen molar-refractivity contribution in [1.82, 2.24) is 5.16 Å². The number of aryl methyl sites for hydroxylation is 1. The molecule has 0 radical (unpaired) electrons. The standard InChI is InChI=1S/C9H14N2OSi/c1-7-5-8(12-11-7)9(6-10)13(2,3)4/h5,9H,1-4H3. The van der Waals surface area contributed by atoms with Gasteiger partial charge in [0.05, 0.1) is 25.4 Å². The quantitative estimate of drug-likeness (QED) is 0.679. The van der Waals surface area contributed by atoms with Crippen LogP contribution in [0.25, 0.3) is 0 Å². The van der Waals surface area contributed by atoms with Crippen LogP contribution in [0, 0.1) is 18.3 Å². The Balaban J connectivity index is 3.00.